The number of likely N-dealkylation sites (tertiary alicyclic amines) is 1. The first-order valence-corrected chi connectivity index (χ1v) is 16.9. The molecule has 1 aliphatic rings. The van der Waals surface area contributed by atoms with Crippen LogP contribution in [0.4, 0.5) is 0 Å². The van der Waals surface area contributed by atoms with Crippen molar-refractivity contribution in [2.75, 3.05) is 13.1 Å². The molecule has 11 nitrogen and oxygen atoms in total. The van der Waals surface area contributed by atoms with Gasteiger partial charge in [0.05, 0.1) is 24.6 Å². The lowest BCUT2D eigenvalue weighted by atomic mass is 9.99. The first-order valence-electron chi connectivity index (χ1n) is 16.9. The number of aliphatic hydroxyl groups is 1. The van der Waals surface area contributed by atoms with Gasteiger partial charge in [-0.05, 0) is 108 Å². The van der Waals surface area contributed by atoms with Gasteiger partial charge in [0, 0.05) is 17.6 Å². The molecule has 0 bridgehead atoms. The molecule has 0 aliphatic carbocycles. The molecule has 264 valence electrons. The molecule has 3 aromatic carbocycles. The van der Waals surface area contributed by atoms with E-state index >= 15 is 0 Å². The molecule has 0 spiro atoms. The molecule has 4 amide bonds. The van der Waals surface area contributed by atoms with E-state index in [0.29, 0.717) is 17.7 Å². The van der Waals surface area contributed by atoms with Crippen LogP contribution in [0.15, 0.2) is 66.7 Å². The number of carbonyl (C=O) groups excluding carboxylic acids is 4. The third-order valence-electron chi connectivity index (χ3n) is 8.54. The minimum Gasteiger partial charge on any atom is -0.488 e. The van der Waals surface area contributed by atoms with Gasteiger partial charge in [-0.25, -0.2) is 0 Å². The van der Waals surface area contributed by atoms with Gasteiger partial charge in [0.2, 0.25) is 17.7 Å². The maximum absolute atomic E-state index is 13.7. The van der Waals surface area contributed by atoms with E-state index in [-0.39, 0.29) is 36.1 Å². The van der Waals surface area contributed by atoms with Crippen LogP contribution in [0.3, 0.4) is 0 Å². The highest BCUT2D eigenvalue weighted by Gasteiger charge is 2.37. The van der Waals surface area contributed by atoms with E-state index in [0.717, 1.165) is 29.3 Å². The van der Waals surface area contributed by atoms with Crippen molar-refractivity contribution in [3.05, 3.63) is 77.9 Å². The molecule has 1 aliphatic heterocycles. The van der Waals surface area contributed by atoms with Crippen LogP contribution in [0.2, 0.25) is 0 Å². The number of rotatable bonds is 13. The molecule has 3 aromatic rings. The topological polar surface area (TPSA) is 163 Å². The molecular formula is C38H51N5O6. The number of fused-ring (bicyclic) bond motifs is 1. The quantitative estimate of drug-likeness (QED) is 0.186. The Balaban J connectivity index is 1.51. The summed E-state index contributed by atoms with van der Waals surface area (Å²) in [6.07, 6.45) is 0.158. The monoisotopic (exact) mass is 673 g/mol. The second-order valence-electron chi connectivity index (χ2n) is 14.8. The van der Waals surface area contributed by atoms with Gasteiger partial charge in [-0.1, -0.05) is 42.5 Å². The number of benzene rings is 3. The van der Waals surface area contributed by atoms with Gasteiger partial charge in [0.15, 0.2) is 0 Å². The summed E-state index contributed by atoms with van der Waals surface area (Å²) in [5.41, 5.74) is 6.02. The van der Waals surface area contributed by atoms with Crippen LogP contribution in [-0.4, -0.2) is 82.1 Å². The van der Waals surface area contributed by atoms with Crippen molar-refractivity contribution in [3.63, 3.8) is 0 Å². The Hall–Kier alpha value is -4.48. The Bertz CT molecular complexity index is 1630. The number of carbonyl (C=O) groups is 4. The summed E-state index contributed by atoms with van der Waals surface area (Å²) < 4.78 is 5.93. The van der Waals surface area contributed by atoms with Gasteiger partial charge < -0.3 is 31.5 Å². The van der Waals surface area contributed by atoms with Crippen molar-refractivity contribution < 1.29 is 29.0 Å². The van der Waals surface area contributed by atoms with Crippen molar-refractivity contribution in [3.8, 4) is 5.75 Å². The highest BCUT2D eigenvalue weighted by atomic mass is 16.5. The van der Waals surface area contributed by atoms with Gasteiger partial charge in [-0.2, -0.15) is 0 Å². The van der Waals surface area contributed by atoms with E-state index in [9.17, 15) is 24.3 Å². The standard InChI is InChI=1S/C38H51N5O6/c1-37(2,3)43-19-9-12-31(43)36(48)40-23-32(44)29(20-24-13-17-28(18-14-24)49-38(4,5)6)41-35(47)30(22-33(39)45)42-34(46)27-16-15-25-10-7-8-11-26(25)21-27/h7-8,10-11,13-18,21,29-32,44H,9,12,19-20,22-23H2,1-6H3,(H2,39,45)(H,40,48)(H,41,47)(H,42,46)/t29-,30-,31-,32+/m0/s1. The summed E-state index contributed by atoms with van der Waals surface area (Å²) in [7, 11) is 0. The van der Waals surface area contributed by atoms with E-state index in [2.05, 4.69) is 41.6 Å². The summed E-state index contributed by atoms with van der Waals surface area (Å²) in [5.74, 6) is -1.54. The molecule has 4 atom stereocenters. The second kappa shape index (κ2) is 15.8. The van der Waals surface area contributed by atoms with Crippen LogP contribution in [0.5, 0.6) is 5.75 Å². The van der Waals surface area contributed by atoms with E-state index in [1.54, 1.807) is 18.2 Å². The molecule has 6 N–H and O–H groups in total. The fraction of sp³-hybridized carbons (Fsp3) is 0.474. The number of amides is 4. The van der Waals surface area contributed by atoms with Crippen molar-refractivity contribution in [2.24, 2.45) is 5.73 Å². The number of nitrogens with one attached hydrogen (secondary N) is 3. The molecule has 1 fully saturated rings. The van der Waals surface area contributed by atoms with Crippen LogP contribution < -0.4 is 26.4 Å². The maximum Gasteiger partial charge on any atom is 0.251 e. The van der Waals surface area contributed by atoms with Crippen LogP contribution in [0, 0.1) is 0 Å². The summed E-state index contributed by atoms with van der Waals surface area (Å²) in [6.45, 7) is 12.7. The molecule has 0 unspecified atom stereocenters. The first kappa shape index (κ1) is 37.3. The summed E-state index contributed by atoms with van der Waals surface area (Å²) in [4.78, 5) is 54.4. The average molecular weight is 674 g/mol. The molecule has 49 heavy (non-hydrogen) atoms. The predicted octanol–water partition coefficient (Wildman–Crippen LogP) is 3.46. The zero-order valence-corrected chi connectivity index (χ0v) is 29.4. The molecule has 4 rings (SSSR count). The summed E-state index contributed by atoms with van der Waals surface area (Å²) in [6, 6.07) is 17.5. The fourth-order valence-corrected chi connectivity index (χ4v) is 6.16. The molecule has 0 aromatic heterocycles. The highest BCUT2D eigenvalue weighted by Crippen LogP contribution is 2.26. The van der Waals surface area contributed by atoms with E-state index < -0.39 is 42.3 Å². The minimum atomic E-state index is -1.30. The fourth-order valence-electron chi connectivity index (χ4n) is 6.16. The Morgan fingerprint density at radius 1 is 0.939 bits per heavy atom. The molecule has 1 heterocycles. The number of nitrogens with zero attached hydrogens (tertiary/aromatic N) is 1. The van der Waals surface area contributed by atoms with E-state index in [1.165, 1.54) is 0 Å². The number of ether oxygens (including phenoxy) is 1. The zero-order chi connectivity index (χ0) is 35.9. The van der Waals surface area contributed by atoms with E-state index in [4.69, 9.17) is 10.5 Å². The van der Waals surface area contributed by atoms with Gasteiger partial charge in [-0.3, -0.25) is 24.1 Å². The zero-order valence-electron chi connectivity index (χ0n) is 29.4. The molecule has 0 radical (unpaired) electrons. The van der Waals surface area contributed by atoms with Crippen LogP contribution in [-0.2, 0) is 20.8 Å². The van der Waals surface area contributed by atoms with Crippen LogP contribution >= 0.6 is 0 Å². The van der Waals surface area contributed by atoms with Gasteiger partial charge in [0.25, 0.3) is 5.91 Å². The van der Waals surface area contributed by atoms with Crippen molar-refractivity contribution in [1.29, 1.82) is 0 Å². The van der Waals surface area contributed by atoms with E-state index in [1.807, 2.05) is 69.3 Å². The Morgan fingerprint density at radius 3 is 2.24 bits per heavy atom. The lowest BCUT2D eigenvalue weighted by molar-refractivity contribution is -0.128. The van der Waals surface area contributed by atoms with Gasteiger partial charge in [0.1, 0.15) is 17.4 Å². The third kappa shape index (κ3) is 10.8. The van der Waals surface area contributed by atoms with Crippen molar-refractivity contribution in [1.82, 2.24) is 20.9 Å². The van der Waals surface area contributed by atoms with Crippen molar-refractivity contribution in [2.45, 2.75) is 103 Å². The average Bonchev–Trinajstić information content (AvgIpc) is 3.54. The second-order valence-corrected chi connectivity index (χ2v) is 14.8. The first-order chi connectivity index (χ1) is 23.0. The Kier molecular flexibility index (Phi) is 12.1. The predicted molar refractivity (Wildman–Crippen MR) is 190 cm³/mol. The Morgan fingerprint density at radius 2 is 1.61 bits per heavy atom. The van der Waals surface area contributed by atoms with Crippen molar-refractivity contribution >= 4 is 34.4 Å². The highest BCUT2D eigenvalue weighted by molar-refractivity contribution is 6.01. The smallest absolute Gasteiger partial charge is 0.251 e. The SMILES string of the molecule is CC(C)(C)Oc1ccc(C[C@H](NC(=O)[C@H](CC(N)=O)NC(=O)c2ccc3ccccc3c2)[C@H](O)CNC(=O)[C@@H]2CCCN2C(C)(C)C)cc1. The number of primary amides is 1. The lowest BCUT2D eigenvalue weighted by Gasteiger charge is -2.36. The molecular weight excluding hydrogens is 622 g/mol. The molecule has 0 saturated carbocycles. The normalized spacial score (nSPS) is 17.2. The van der Waals surface area contributed by atoms with Gasteiger partial charge in [-0.15, -0.1) is 0 Å². The number of aliphatic hydroxyl groups excluding tert-OH is 1. The Labute approximate surface area is 288 Å². The van der Waals surface area contributed by atoms with Crippen LogP contribution in [0.1, 0.15) is 76.7 Å². The van der Waals surface area contributed by atoms with Gasteiger partial charge >= 0.3 is 0 Å². The molecule has 1 saturated heterocycles. The van der Waals surface area contributed by atoms with Crippen LogP contribution in [0.25, 0.3) is 10.8 Å². The molecule has 11 heteroatoms. The largest absolute Gasteiger partial charge is 0.488 e. The summed E-state index contributed by atoms with van der Waals surface area (Å²) in [5, 5.41) is 21.6. The summed E-state index contributed by atoms with van der Waals surface area (Å²) >= 11 is 0. The number of hydrogen-bond donors (Lipinski definition) is 5. The third-order valence-corrected chi connectivity index (χ3v) is 8.54. The number of hydrogen-bond acceptors (Lipinski definition) is 7. The minimum absolute atomic E-state index is 0.118. The maximum atomic E-state index is 13.7. The number of nitrogens with two attached hydrogens (primary N) is 1. The lowest BCUT2D eigenvalue weighted by Crippen LogP contribution is -2.57.